The van der Waals surface area contributed by atoms with Crippen LogP contribution in [0.3, 0.4) is 0 Å². The number of alkyl halides is 3. The molecule has 0 saturated heterocycles. The zero-order valence-corrected chi connectivity index (χ0v) is 20.4. The second-order valence-corrected chi connectivity index (χ2v) is 6.76. The second kappa shape index (κ2) is 12.7. The van der Waals surface area contributed by atoms with E-state index in [0.29, 0.717) is 25.7 Å². The van der Waals surface area contributed by atoms with Crippen LogP contribution >= 0.6 is 24.0 Å². The molecule has 2 aromatic rings. The molecule has 0 atom stereocenters. The first-order valence-electron chi connectivity index (χ1n) is 9.50. The van der Waals surface area contributed by atoms with Crippen molar-refractivity contribution in [3.63, 3.8) is 0 Å². The third-order valence-corrected chi connectivity index (χ3v) is 4.26. The molecule has 174 valence electrons. The van der Waals surface area contributed by atoms with Crippen molar-refractivity contribution >= 4 is 29.9 Å². The molecule has 0 saturated carbocycles. The molecule has 0 aliphatic carbocycles. The Morgan fingerprint density at radius 3 is 2.45 bits per heavy atom. The Kier molecular flexibility index (Phi) is 11.1. The van der Waals surface area contributed by atoms with Crippen molar-refractivity contribution in [3.05, 3.63) is 46.8 Å². The molecule has 2 rings (SSSR count). The van der Waals surface area contributed by atoms with Gasteiger partial charge in [-0.15, -0.1) is 24.0 Å². The van der Waals surface area contributed by atoms with Gasteiger partial charge in [0, 0.05) is 64.6 Å². The highest BCUT2D eigenvalue weighted by Crippen LogP contribution is 2.30. The Morgan fingerprint density at radius 2 is 1.84 bits per heavy atom. The summed E-state index contributed by atoms with van der Waals surface area (Å²) in [5.41, 5.74) is 1.13. The maximum absolute atomic E-state index is 13.1. The molecule has 1 aromatic heterocycles. The third kappa shape index (κ3) is 8.56. The molecule has 0 radical (unpaired) electrons. The quantitative estimate of drug-likeness (QED) is 0.214. The molecule has 0 amide bonds. The highest BCUT2D eigenvalue weighted by molar-refractivity contribution is 14.0. The van der Waals surface area contributed by atoms with Crippen LogP contribution in [0, 0.1) is 6.92 Å². The molecule has 0 aliphatic heterocycles. The monoisotopic (exact) mass is 555 g/mol. The summed E-state index contributed by atoms with van der Waals surface area (Å²) in [5.74, 6) is 1.12. The van der Waals surface area contributed by atoms with Crippen LogP contribution in [-0.4, -0.2) is 43.1 Å². The van der Waals surface area contributed by atoms with Crippen LogP contribution in [-0.2, 0) is 31.1 Å². The Labute approximate surface area is 197 Å². The number of halogens is 4. The highest BCUT2D eigenvalue weighted by Gasteiger charge is 2.36. The van der Waals surface area contributed by atoms with Crippen LogP contribution in [0.4, 0.5) is 13.2 Å². The molecule has 2 N–H and O–H groups in total. The number of aromatic nitrogens is 2. The first-order valence-corrected chi connectivity index (χ1v) is 9.50. The summed E-state index contributed by atoms with van der Waals surface area (Å²) in [6.07, 6.45) is -2.39. The normalized spacial score (nSPS) is 11.8. The minimum Gasteiger partial charge on any atom is -0.493 e. The van der Waals surface area contributed by atoms with Gasteiger partial charge in [0.25, 0.3) is 0 Å². The average Bonchev–Trinajstić information content (AvgIpc) is 3.07. The minimum absolute atomic E-state index is 0. The van der Waals surface area contributed by atoms with Gasteiger partial charge in [-0.3, -0.25) is 9.67 Å². The smallest absolute Gasteiger partial charge is 0.435 e. The fourth-order valence-corrected chi connectivity index (χ4v) is 2.81. The lowest BCUT2D eigenvalue weighted by Crippen LogP contribution is -2.36. The zero-order chi connectivity index (χ0) is 22.1. The number of hydrogen-bond donors (Lipinski definition) is 2. The summed E-state index contributed by atoms with van der Waals surface area (Å²) in [7, 11) is 4.65. The third-order valence-electron chi connectivity index (χ3n) is 4.26. The van der Waals surface area contributed by atoms with E-state index in [9.17, 15) is 13.2 Å². The van der Waals surface area contributed by atoms with E-state index in [2.05, 4.69) is 20.7 Å². The predicted molar refractivity (Wildman–Crippen MR) is 124 cm³/mol. The van der Waals surface area contributed by atoms with Crippen LogP contribution in [0.25, 0.3) is 0 Å². The van der Waals surface area contributed by atoms with E-state index < -0.39 is 11.9 Å². The second-order valence-electron chi connectivity index (χ2n) is 6.76. The van der Waals surface area contributed by atoms with Gasteiger partial charge in [0.15, 0.2) is 11.7 Å². The first-order chi connectivity index (χ1) is 14.2. The molecule has 1 heterocycles. The van der Waals surface area contributed by atoms with E-state index in [0.717, 1.165) is 28.0 Å². The lowest BCUT2D eigenvalue weighted by atomic mass is 10.1. The van der Waals surface area contributed by atoms with E-state index in [1.165, 1.54) is 13.2 Å². The molecule has 31 heavy (non-hydrogen) atoms. The summed E-state index contributed by atoms with van der Waals surface area (Å²) < 4.78 is 51.3. The van der Waals surface area contributed by atoms with Gasteiger partial charge in [0.2, 0.25) is 0 Å². The Morgan fingerprint density at radius 1 is 1.16 bits per heavy atom. The van der Waals surface area contributed by atoms with E-state index in [-0.39, 0.29) is 36.1 Å². The van der Waals surface area contributed by atoms with Gasteiger partial charge in [-0.2, -0.15) is 18.3 Å². The number of rotatable bonds is 9. The van der Waals surface area contributed by atoms with Gasteiger partial charge in [0.05, 0.1) is 6.61 Å². The highest BCUT2D eigenvalue weighted by atomic mass is 127. The van der Waals surface area contributed by atoms with Crippen molar-refractivity contribution in [2.45, 2.75) is 32.6 Å². The fraction of sp³-hybridized carbons (Fsp3) is 0.500. The van der Waals surface area contributed by atoms with Crippen molar-refractivity contribution in [2.75, 3.05) is 27.4 Å². The Hall–Kier alpha value is -2.02. The molecular formula is C20H29F3IN5O2. The van der Waals surface area contributed by atoms with Gasteiger partial charge < -0.3 is 20.1 Å². The molecule has 0 spiro atoms. The van der Waals surface area contributed by atoms with E-state index in [1.54, 1.807) is 14.2 Å². The Bertz CT molecular complexity index is 856. The number of methoxy groups -OCH3 is 1. The van der Waals surface area contributed by atoms with Gasteiger partial charge >= 0.3 is 6.18 Å². The van der Waals surface area contributed by atoms with E-state index >= 15 is 0 Å². The SMILES string of the molecule is CN=C(NCc1ccc(C)cc1OCCCOC)NCc1cn(C)nc1C(F)(F)F.I. The number of guanidine groups is 1. The molecule has 0 bridgehead atoms. The lowest BCUT2D eigenvalue weighted by molar-refractivity contribution is -0.142. The largest absolute Gasteiger partial charge is 0.493 e. The van der Waals surface area contributed by atoms with Crippen molar-refractivity contribution in [1.29, 1.82) is 0 Å². The fourth-order valence-electron chi connectivity index (χ4n) is 2.81. The molecule has 0 fully saturated rings. The molecule has 0 unspecified atom stereocenters. The standard InChI is InChI=1S/C20H28F3N5O2.HI/c1-14-6-7-15(17(10-14)30-9-5-8-29-4)11-25-19(24-2)26-12-16-13-28(3)27-18(16)20(21,22)23;/h6-7,10,13H,5,8-9,11-12H2,1-4H3,(H2,24,25,26);1H. The van der Waals surface area contributed by atoms with Crippen molar-refractivity contribution < 1.29 is 22.6 Å². The number of aliphatic imine (C=N–C) groups is 1. The van der Waals surface area contributed by atoms with E-state index in [1.807, 2.05) is 25.1 Å². The van der Waals surface area contributed by atoms with Crippen LogP contribution in [0.5, 0.6) is 5.75 Å². The molecule has 11 heteroatoms. The summed E-state index contributed by atoms with van der Waals surface area (Å²) in [5, 5.41) is 9.52. The molecular weight excluding hydrogens is 526 g/mol. The van der Waals surface area contributed by atoms with Crippen molar-refractivity contribution in [3.8, 4) is 5.75 Å². The van der Waals surface area contributed by atoms with Crippen molar-refractivity contribution in [2.24, 2.45) is 12.0 Å². The van der Waals surface area contributed by atoms with Crippen LogP contribution < -0.4 is 15.4 Å². The zero-order valence-electron chi connectivity index (χ0n) is 18.0. The van der Waals surface area contributed by atoms with Gasteiger partial charge in [-0.05, 0) is 18.6 Å². The number of aryl methyl sites for hydroxylation is 2. The van der Waals surface area contributed by atoms with Gasteiger partial charge in [-0.25, -0.2) is 0 Å². The number of nitrogens with one attached hydrogen (secondary N) is 2. The van der Waals surface area contributed by atoms with Gasteiger partial charge in [0.1, 0.15) is 5.75 Å². The summed E-state index contributed by atoms with van der Waals surface area (Å²) >= 11 is 0. The number of benzene rings is 1. The topological polar surface area (TPSA) is 72.7 Å². The predicted octanol–water partition coefficient (Wildman–Crippen LogP) is 3.65. The minimum atomic E-state index is -4.51. The van der Waals surface area contributed by atoms with Crippen LogP contribution in [0.15, 0.2) is 29.4 Å². The summed E-state index contributed by atoms with van der Waals surface area (Å²) in [6.45, 7) is 3.46. The van der Waals surface area contributed by atoms with Crippen LogP contribution in [0.2, 0.25) is 0 Å². The van der Waals surface area contributed by atoms with Crippen LogP contribution in [0.1, 0.15) is 28.8 Å². The number of ether oxygens (including phenoxy) is 2. The van der Waals surface area contributed by atoms with Gasteiger partial charge in [-0.1, -0.05) is 12.1 Å². The maximum atomic E-state index is 13.1. The maximum Gasteiger partial charge on any atom is 0.435 e. The van der Waals surface area contributed by atoms with Crippen molar-refractivity contribution in [1.82, 2.24) is 20.4 Å². The molecule has 7 nitrogen and oxygen atoms in total. The first kappa shape index (κ1) is 27.0. The van der Waals surface area contributed by atoms with E-state index in [4.69, 9.17) is 9.47 Å². The summed E-state index contributed by atoms with van der Waals surface area (Å²) in [4.78, 5) is 4.08. The molecule has 1 aromatic carbocycles. The Balaban J connectivity index is 0.00000480. The number of nitrogens with zero attached hydrogens (tertiary/aromatic N) is 3. The number of hydrogen-bond acceptors (Lipinski definition) is 4. The average molecular weight is 555 g/mol. The lowest BCUT2D eigenvalue weighted by Gasteiger charge is -2.16. The summed E-state index contributed by atoms with van der Waals surface area (Å²) in [6, 6.07) is 5.87. The molecule has 0 aliphatic rings.